The molecule has 0 amide bonds. The summed E-state index contributed by atoms with van der Waals surface area (Å²) in [6.45, 7) is 11.9. The summed E-state index contributed by atoms with van der Waals surface area (Å²) in [6.07, 6.45) is 5.28. The normalized spacial score (nSPS) is 15.8. The maximum Gasteiger partial charge on any atom is 0.503 e. The monoisotopic (exact) mass is 364 g/mol. The second-order valence-electron chi connectivity index (χ2n) is 6.15. The van der Waals surface area contributed by atoms with Gasteiger partial charge in [-0.1, -0.05) is 25.1 Å². The van der Waals surface area contributed by atoms with Gasteiger partial charge >= 0.3 is 8.80 Å². The van der Waals surface area contributed by atoms with Crippen molar-refractivity contribution in [2.24, 2.45) is 0 Å². The maximum atomic E-state index is 6.03. The minimum absolute atomic E-state index is 0.270. The minimum atomic E-state index is -2.62. The lowest BCUT2D eigenvalue weighted by Crippen LogP contribution is -2.50. The zero-order valence-electron chi connectivity index (χ0n) is 16.0. The summed E-state index contributed by atoms with van der Waals surface area (Å²) in [5.74, 6) is 0. The quantitative estimate of drug-likeness (QED) is 0.553. The fraction of sp³-hybridized carbons (Fsp3) is 0.579. The highest BCUT2D eigenvalue weighted by Gasteiger charge is 2.46. The van der Waals surface area contributed by atoms with Crippen LogP contribution in [-0.2, 0) is 13.3 Å². The van der Waals surface area contributed by atoms with E-state index in [4.69, 9.17) is 13.3 Å². The third-order valence-corrected chi connectivity index (χ3v) is 7.94. The number of para-hydroxylation sites is 1. The summed E-state index contributed by atoms with van der Waals surface area (Å²) in [7, 11) is -2.62. The molecular weight excluding hydrogens is 332 g/mol. The van der Waals surface area contributed by atoms with Gasteiger partial charge in [0.25, 0.3) is 0 Å². The molecule has 0 radical (unpaired) electrons. The molecule has 0 fully saturated rings. The Morgan fingerprint density at radius 3 is 2.12 bits per heavy atom. The molecule has 0 saturated carbocycles. The van der Waals surface area contributed by atoms with Crippen molar-refractivity contribution in [3.63, 3.8) is 0 Å². The van der Waals surface area contributed by atoms with E-state index in [-0.39, 0.29) is 5.54 Å². The molecular formula is C19H32N2O3Si. The van der Waals surface area contributed by atoms with Crippen molar-refractivity contribution in [1.29, 1.82) is 0 Å². The maximum absolute atomic E-state index is 6.03. The van der Waals surface area contributed by atoms with Crippen LogP contribution in [-0.4, -0.2) is 46.7 Å². The number of nitrogens with zero attached hydrogens (tertiary/aromatic N) is 2. The lowest BCUT2D eigenvalue weighted by molar-refractivity contribution is 0.0608. The zero-order chi connectivity index (χ0) is 18.1. The van der Waals surface area contributed by atoms with E-state index in [1.807, 2.05) is 26.8 Å². The Bertz CT molecular complexity index is 510. The molecule has 0 N–H and O–H groups in total. The molecule has 0 saturated heterocycles. The second-order valence-corrected chi connectivity index (χ2v) is 9.21. The molecule has 1 unspecified atom stereocenters. The second kappa shape index (κ2) is 9.96. The Kier molecular flexibility index (Phi) is 7.96. The fourth-order valence-electron chi connectivity index (χ4n) is 3.09. The Labute approximate surface area is 153 Å². The van der Waals surface area contributed by atoms with Gasteiger partial charge in [0.1, 0.15) is 0 Å². The first-order chi connectivity index (χ1) is 12.1. The minimum Gasteiger partial charge on any atom is -0.374 e. The molecule has 140 valence electrons. The summed E-state index contributed by atoms with van der Waals surface area (Å²) < 4.78 is 18.1. The summed E-state index contributed by atoms with van der Waals surface area (Å²) in [4.78, 5) is 4.58. The molecule has 2 rings (SSSR count). The molecule has 6 heteroatoms. The van der Waals surface area contributed by atoms with Crippen molar-refractivity contribution >= 4 is 14.5 Å². The SMILES string of the molecule is CCO[Si](OCC)(OCC)C(C)CCN1C=CN(c2ccccc2)C1. The molecule has 0 bridgehead atoms. The van der Waals surface area contributed by atoms with Gasteiger partial charge in [0.05, 0.1) is 6.67 Å². The Balaban J connectivity index is 1.90. The first-order valence-electron chi connectivity index (χ1n) is 9.31. The lowest BCUT2D eigenvalue weighted by atomic mass is 10.3. The standard InChI is InChI=1S/C19H32N2O3Si/c1-5-22-25(23-6-2,24-7-3)18(4)13-14-20-15-16-21(17-20)19-11-9-8-10-12-19/h8-12,15-16,18H,5-7,13-14,17H2,1-4H3. The van der Waals surface area contributed by atoms with Gasteiger partial charge in [0, 0.05) is 50.0 Å². The van der Waals surface area contributed by atoms with Crippen LogP contribution in [0.2, 0.25) is 5.54 Å². The smallest absolute Gasteiger partial charge is 0.374 e. The van der Waals surface area contributed by atoms with Gasteiger partial charge in [0.15, 0.2) is 0 Å². The van der Waals surface area contributed by atoms with Crippen LogP contribution in [0.5, 0.6) is 0 Å². The molecule has 0 aromatic heterocycles. The third kappa shape index (κ3) is 5.31. The molecule has 25 heavy (non-hydrogen) atoms. The van der Waals surface area contributed by atoms with E-state index < -0.39 is 8.80 Å². The van der Waals surface area contributed by atoms with Crippen LogP contribution < -0.4 is 4.90 Å². The van der Waals surface area contributed by atoms with Crippen molar-refractivity contribution < 1.29 is 13.3 Å². The van der Waals surface area contributed by atoms with Crippen LogP contribution in [0.15, 0.2) is 42.7 Å². The van der Waals surface area contributed by atoms with E-state index in [1.54, 1.807) is 0 Å². The third-order valence-electron chi connectivity index (χ3n) is 4.37. The average molecular weight is 365 g/mol. The molecule has 0 spiro atoms. The van der Waals surface area contributed by atoms with Crippen molar-refractivity contribution in [3.8, 4) is 0 Å². The highest BCUT2D eigenvalue weighted by atomic mass is 28.4. The predicted molar refractivity (Wildman–Crippen MR) is 104 cm³/mol. The first kappa shape index (κ1) is 20.0. The summed E-state index contributed by atoms with van der Waals surface area (Å²) >= 11 is 0. The molecule has 5 nitrogen and oxygen atoms in total. The lowest BCUT2D eigenvalue weighted by Gasteiger charge is -2.34. The highest BCUT2D eigenvalue weighted by molar-refractivity contribution is 6.62. The van der Waals surface area contributed by atoms with Gasteiger partial charge in [-0.2, -0.15) is 0 Å². The Morgan fingerprint density at radius 1 is 0.960 bits per heavy atom. The van der Waals surface area contributed by atoms with Crippen molar-refractivity contribution in [2.75, 3.05) is 37.9 Å². The number of anilines is 1. The molecule has 1 heterocycles. The molecule has 1 aromatic carbocycles. The first-order valence-corrected chi connectivity index (χ1v) is 11.1. The van der Waals surface area contributed by atoms with Gasteiger partial charge in [-0.05, 0) is 39.3 Å². The molecule has 1 atom stereocenters. The van der Waals surface area contributed by atoms with Gasteiger partial charge in [-0.25, -0.2) is 0 Å². The predicted octanol–water partition coefficient (Wildman–Crippen LogP) is 4.07. The number of rotatable bonds is 11. The number of hydrogen-bond donors (Lipinski definition) is 0. The molecule has 1 aliphatic rings. The van der Waals surface area contributed by atoms with Crippen LogP contribution in [0.4, 0.5) is 5.69 Å². The van der Waals surface area contributed by atoms with E-state index in [1.165, 1.54) is 5.69 Å². The van der Waals surface area contributed by atoms with Crippen molar-refractivity contribution in [1.82, 2.24) is 4.90 Å². The van der Waals surface area contributed by atoms with Crippen molar-refractivity contribution in [3.05, 3.63) is 42.7 Å². The summed E-state index contributed by atoms with van der Waals surface area (Å²) in [5, 5.41) is 0. The number of hydrogen-bond acceptors (Lipinski definition) is 5. The summed E-state index contributed by atoms with van der Waals surface area (Å²) in [6, 6.07) is 10.4. The fourth-order valence-corrected chi connectivity index (χ4v) is 5.88. The zero-order valence-corrected chi connectivity index (χ0v) is 17.0. The van der Waals surface area contributed by atoms with Crippen LogP contribution in [0.1, 0.15) is 34.1 Å². The molecule has 0 aliphatic carbocycles. The number of benzene rings is 1. The highest BCUT2D eigenvalue weighted by Crippen LogP contribution is 2.29. The van der Waals surface area contributed by atoms with E-state index in [0.717, 1.165) is 19.6 Å². The Hall–Kier alpha value is -1.34. The van der Waals surface area contributed by atoms with Crippen LogP contribution in [0, 0.1) is 0 Å². The Morgan fingerprint density at radius 2 is 1.56 bits per heavy atom. The van der Waals surface area contributed by atoms with Gasteiger partial charge in [-0.15, -0.1) is 0 Å². The van der Waals surface area contributed by atoms with E-state index in [2.05, 4.69) is 53.4 Å². The average Bonchev–Trinajstić information content (AvgIpc) is 3.10. The van der Waals surface area contributed by atoms with E-state index in [9.17, 15) is 0 Å². The largest absolute Gasteiger partial charge is 0.503 e. The topological polar surface area (TPSA) is 34.2 Å². The van der Waals surface area contributed by atoms with Gasteiger partial charge < -0.3 is 23.1 Å². The van der Waals surface area contributed by atoms with Crippen molar-refractivity contribution in [2.45, 2.75) is 39.7 Å². The van der Waals surface area contributed by atoms with E-state index >= 15 is 0 Å². The van der Waals surface area contributed by atoms with Gasteiger partial charge in [-0.3, -0.25) is 0 Å². The van der Waals surface area contributed by atoms with Crippen LogP contribution in [0.25, 0.3) is 0 Å². The summed E-state index contributed by atoms with van der Waals surface area (Å²) in [5.41, 5.74) is 1.49. The van der Waals surface area contributed by atoms with Crippen LogP contribution >= 0.6 is 0 Å². The van der Waals surface area contributed by atoms with Gasteiger partial charge in [0.2, 0.25) is 0 Å². The van der Waals surface area contributed by atoms with E-state index in [0.29, 0.717) is 19.8 Å². The molecule has 1 aliphatic heterocycles. The molecule has 1 aromatic rings. The van der Waals surface area contributed by atoms with Crippen LogP contribution in [0.3, 0.4) is 0 Å².